The predicted molar refractivity (Wildman–Crippen MR) is 61.1 cm³/mol. The lowest BCUT2D eigenvalue weighted by atomic mass is 10.3. The van der Waals surface area contributed by atoms with Gasteiger partial charge >= 0.3 is 5.69 Å². The molecule has 17 heavy (non-hydrogen) atoms. The van der Waals surface area contributed by atoms with Crippen LogP contribution in [0, 0.1) is 17.0 Å². The summed E-state index contributed by atoms with van der Waals surface area (Å²) in [5.41, 5.74) is 0.434. The third-order valence-corrected chi connectivity index (χ3v) is 2.45. The van der Waals surface area contributed by atoms with E-state index < -0.39 is 4.92 Å². The van der Waals surface area contributed by atoms with Crippen LogP contribution in [0.25, 0.3) is 5.82 Å². The SMILES string of the molecule is Cc1nn(C(C)C)c(-n2ccnc2)c1[N+](=O)[O-]. The fraction of sp³-hybridized carbons (Fsp3) is 0.400. The van der Waals surface area contributed by atoms with Crippen LogP contribution < -0.4 is 0 Å². The van der Waals surface area contributed by atoms with Crippen LogP contribution in [-0.2, 0) is 0 Å². The lowest BCUT2D eigenvalue weighted by Gasteiger charge is -2.09. The Morgan fingerprint density at radius 1 is 1.47 bits per heavy atom. The molecule has 2 heterocycles. The van der Waals surface area contributed by atoms with Gasteiger partial charge in [0.05, 0.1) is 4.92 Å². The molecule has 0 aliphatic carbocycles. The lowest BCUT2D eigenvalue weighted by molar-refractivity contribution is -0.385. The van der Waals surface area contributed by atoms with E-state index in [9.17, 15) is 10.1 Å². The molecule has 0 amide bonds. The van der Waals surface area contributed by atoms with E-state index in [2.05, 4.69) is 10.1 Å². The average molecular weight is 235 g/mol. The van der Waals surface area contributed by atoms with Crippen molar-refractivity contribution in [3.05, 3.63) is 34.5 Å². The minimum atomic E-state index is -0.406. The first-order chi connectivity index (χ1) is 8.02. The molecule has 0 aliphatic heterocycles. The van der Waals surface area contributed by atoms with Gasteiger partial charge in [0, 0.05) is 18.4 Å². The van der Waals surface area contributed by atoms with E-state index in [4.69, 9.17) is 0 Å². The zero-order chi connectivity index (χ0) is 12.6. The van der Waals surface area contributed by atoms with Crippen molar-refractivity contribution in [3.63, 3.8) is 0 Å². The Hall–Kier alpha value is -2.18. The van der Waals surface area contributed by atoms with Gasteiger partial charge in [-0.1, -0.05) is 0 Å². The minimum absolute atomic E-state index is 0.0247. The molecule has 0 saturated carbocycles. The molecule has 0 saturated heterocycles. The first-order valence-electron chi connectivity index (χ1n) is 5.24. The summed E-state index contributed by atoms with van der Waals surface area (Å²) >= 11 is 0. The smallest absolute Gasteiger partial charge is 0.285 e. The second-order valence-electron chi connectivity index (χ2n) is 4.02. The topological polar surface area (TPSA) is 78.8 Å². The lowest BCUT2D eigenvalue weighted by Crippen LogP contribution is -2.09. The molecule has 2 aromatic heterocycles. The standard InChI is InChI=1S/C10H13N5O2/c1-7(2)14-10(13-5-4-11-6-13)9(15(16)17)8(3)12-14/h4-7H,1-3H3. The summed E-state index contributed by atoms with van der Waals surface area (Å²) in [5.74, 6) is 0.444. The predicted octanol–water partition coefficient (Wildman–Crippen LogP) is 1.87. The van der Waals surface area contributed by atoms with Crippen molar-refractivity contribution in [2.24, 2.45) is 0 Å². The maximum Gasteiger partial charge on any atom is 0.334 e. The number of nitro groups is 1. The zero-order valence-electron chi connectivity index (χ0n) is 9.86. The number of aryl methyl sites for hydroxylation is 1. The third-order valence-electron chi connectivity index (χ3n) is 2.45. The molecule has 0 spiro atoms. The van der Waals surface area contributed by atoms with Gasteiger partial charge in [0.2, 0.25) is 5.82 Å². The number of hydrogen-bond donors (Lipinski definition) is 0. The van der Waals surface area contributed by atoms with Crippen molar-refractivity contribution in [3.8, 4) is 5.82 Å². The van der Waals surface area contributed by atoms with E-state index in [1.54, 1.807) is 28.6 Å². The molecule has 2 aromatic rings. The molecule has 0 N–H and O–H groups in total. The molecule has 2 rings (SSSR count). The molecule has 90 valence electrons. The monoisotopic (exact) mass is 235 g/mol. The minimum Gasteiger partial charge on any atom is -0.285 e. The van der Waals surface area contributed by atoms with Gasteiger partial charge in [-0.3, -0.25) is 14.7 Å². The molecular weight excluding hydrogens is 222 g/mol. The number of aromatic nitrogens is 4. The van der Waals surface area contributed by atoms with E-state index in [1.165, 1.54) is 6.33 Å². The van der Waals surface area contributed by atoms with Crippen molar-refractivity contribution in [1.29, 1.82) is 0 Å². The first kappa shape index (κ1) is 11.3. The number of rotatable bonds is 3. The molecule has 0 atom stereocenters. The van der Waals surface area contributed by atoms with Crippen LogP contribution in [0.5, 0.6) is 0 Å². The summed E-state index contributed by atoms with van der Waals surface area (Å²) in [7, 11) is 0. The Morgan fingerprint density at radius 2 is 2.18 bits per heavy atom. The highest BCUT2D eigenvalue weighted by Gasteiger charge is 2.27. The number of imidazole rings is 1. The molecule has 0 fully saturated rings. The summed E-state index contributed by atoms with van der Waals surface area (Å²) in [4.78, 5) is 14.6. The Kier molecular flexibility index (Phi) is 2.66. The number of hydrogen-bond acceptors (Lipinski definition) is 4. The first-order valence-corrected chi connectivity index (χ1v) is 5.24. The van der Waals surface area contributed by atoms with Crippen LogP contribution >= 0.6 is 0 Å². The molecule has 0 unspecified atom stereocenters. The van der Waals surface area contributed by atoms with Gasteiger partial charge in [-0.05, 0) is 20.8 Å². The Labute approximate surface area is 97.8 Å². The van der Waals surface area contributed by atoms with E-state index in [1.807, 2.05) is 13.8 Å². The van der Waals surface area contributed by atoms with Crippen LogP contribution in [0.3, 0.4) is 0 Å². The maximum atomic E-state index is 11.1. The van der Waals surface area contributed by atoms with Crippen LogP contribution in [-0.4, -0.2) is 24.3 Å². The second-order valence-corrected chi connectivity index (χ2v) is 4.02. The van der Waals surface area contributed by atoms with Crippen LogP contribution in [0.2, 0.25) is 0 Å². The normalized spacial score (nSPS) is 11.1. The third kappa shape index (κ3) is 1.79. The maximum absolute atomic E-state index is 11.1. The van der Waals surface area contributed by atoms with Crippen molar-refractivity contribution < 1.29 is 4.92 Å². The molecule has 0 aromatic carbocycles. The molecule has 0 aliphatic rings. The van der Waals surface area contributed by atoms with Crippen molar-refractivity contribution in [1.82, 2.24) is 19.3 Å². The Bertz CT molecular complexity index is 541. The molecule has 7 heteroatoms. The highest BCUT2D eigenvalue weighted by molar-refractivity contribution is 5.51. The summed E-state index contributed by atoms with van der Waals surface area (Å²) < 4.78 is 3.24. The summed E-state index contributed by atoms with van der Waals surface area (Å²) in [6, 6.07) is 0.0415. The van der Waals surface area contributed by atoms with Gasteiger partial charge in [0.25, 0.3) is 0 Å². The van der Waals surface area contributed by atoms with Crippen molar-refractivity contribution >= 4 is 5.69 Å². The van der Waals surface area contributed by atoms with Gasteiger partial charge in [-0.2, -0.15) is 5.10 Å². The highest BCUT2D eigenvalue weighted by atomic mass is 16.6. The number of nitrogens with zero attached hydrogens (tertiary/aromatic N) is 5. The quantitative estimate of drug-likeness (QED) is 0.600. The summed E-state index contributed by atoms with van der Waals surface area (Å²) in [6.07, 6.45) is 4.78. The van der Waals surface area contributed by atoms with Gasteiger partial charge in [-0.15, -0.1) is 0 Å². The second kappa shape index (κ2) is 4.00. The molecular formula is C10H13N5O2. The van der Waals surface area contributed by atoms with Gasteiger partial charge in [-0.25, -0.2) is 9.67 Å². The van der Waals surface area contributed by atoms with E-state index in [0.717, 1.165) is 0 Å². The molecule has 7 nitrogen and oxygen atoms in total. The summed E-state index contributed by atoms with van der Waals surface area (Å²) in [5, 5.41) is 15.3. The van der Waals surface area contributed by atoms with Crippen molar-refractivity contribution in [2.45, 2.75) is 26.8 Å². The van der Waals surface area contributed by atoms with E-state index in [0.29, 0.717) is 11.5 Å². The van der Waals surface area contributed by atoms with Gasteiger partial charge in [0.1, 0.15) is 12.0 Å². The molecule has 0 bridgehead atoms. The van der Waals surface area contributed by atoms with Crippen LogP contribution in [0.4, 0.5) is 5.69 Å². The van der Waals surface area contributed by atoms with Crippen molar-refractivity contribution in [2.75, 3.05) is 0 Å². The van der Waals surface area contributed by atoms with E-state index in [-0.39, 0.29) is 11.7 Å². The Balaban J connectivity index is 2.73. The fourth-order valence-corrected chi connectivity index (χ4v) is 1.73. The summed E-state index contributed by atoms with van der Waals surface area (Å²) in [6.45, 7) is 5.49. The highest BCUT2D eigenvalue weighted by Crippen LogP contribution is 2.28. The molecule has 0 radical (unpaired) electrons. The van der Waals surface area contributed by atoms with Crippen LogP contribution in [0.15, 0.2) is 18.7 Å². The van der Waals surface area contributed by atoms with Gasteiger partial charge in [0.15, 0.2) is 0 Å². The average Bonchev–Trinajstić information content (AvgIpc) is 2.82. The zero-order valence-corrected chi connectivity index (χ0v) is 9.86. The largest absolute Gasteiger partial charge is 0.334 e. The van der Waals surface area contributed by atoms with Crippen LogP contribution in [0.1, 0.15) is 25.6 Å². The van der Waals surface area contributed by atoms with Gasteiger partial charge < -0.3 is 0 Å². The Morgan fingerprint density at radius 3 is 2.65 bits per heavy atom. The van der Waals surface area contributed by atoms with E-state index >= 15 is 0 Å². The fourth-order valence-electron chi connectivity index (χ4n) is 1.73.